The van der Waals surface area contributed by atoms with Gasteiger partial charge in [0.25, 0.3) is 5.91 Å². The van der Waals surface area contributed by atoms with Gasteiger partial charge in [-0.2, -0.15) is 5.26 Å². The second-order valence-electron chi connectivity index (χ2n) is 4.02. The van der Waals surface area contributed by atoms with Gasteiger partial charge >= 0.3 is 0 Å². The van der Waals surface area contributed by atoms with E-state index in [1.54, 1.807) is 30.5 Å². The molecule has 0 radical (unpaired) electrons. The summed E-state index contributed by atoms with van der Waals surface area (Å²) in [6.45, 7) is 0.301. The standard InChI is InChI=1S/C15H13N3O2/c16-9-12-4-6-14(7-5-12)20-11-15(19)18-10-13-3-1-2-8-17-13/h1-8H,10-11H2,(H,18,19). The zero-order chi connectivity index (χ0) is 14.2. The average molecular weight is 267 g/mol. The molecule has 1 N–H and O–H groups in total. The average Bonchev–Trinajstić information content (AvgIpc) is 2.52. The maximum atomic E-state index is 11.6. The van der Waals surface area contributed by atoms with E-state index in [-0.39, 0.29) is 12.5 Å². The van der Waals surface area contributed by atoms with Crippen molar-refractivity contribution in [2.24, 2.45) is 0 Å². The first-order valence-electron chi connectivity index (χ1n) is 6.07. The van der Waals surface area contributed by atoms with Crippen molar-refractivity contribution in [2.75, 3.05) is 6.61 Å². The van der Waals surface area contributed by atoms with Crippen LogP contribution in [0.4, 0.5) is 0 Å². The van der Waals surface area contributed by atoms with Crippen LogP contribution in [0, 0.1) is 11.3 Å². The lowest BCUT2D eigenvalue weighted by Crippen LogP contribution is -2.28. The molecule has 1 amide bonds. The minimum Gasteiger partial charge on any atom is -0.484 e. The largest absolute Gasteiger partial charge is 0.484 e. The molecule has 0 saturated heterocycles. The second-order valence-corrected chi connectivity index (χ2v) is 4.02. The number of nitrogens with zero attached hydrogens (tertiary/aromatic N) is 2. The molecule has 0 aliphatic heterocycles. The zero-order valence-electron chi connectivity index (χ0n) is 10.7. The van der Waals surface area contributed by atoms with Crippen molar-refractivity contribution in [1.29, 1.82) is 5.26 Å². The molecule has 0 saturated carbocycles. The summed E-state index contributed by atoms with van der Waals surface area (Å²) in [4.78, 5) is 15.7. The van der Waals surface area contributed by atoms with Crippen LogP contribution in [0.1, 0.15) is 11.3 Å². The molecule has 0 atom stereocenters. The minimum atomic E-state index is -0.222. The third-order valence-electron chi connectivity index (χ3n) is 2.55. The van der Waals surface area contributed by atoms with Gasteiger partial charge < -0.3 is 10.1 Å². The van der Waals surface area contributed by atoms with E-state index in [4.69, 9.17) is 10.00 Å². The lowest BCUT2D eigenvalue weighted by Gasteiger charge is -2.07. The maximum absolute atomic E-state index is 11.6. The lowest BCUT2D eigenvalue weighted by molar-refractivity contribution is -0.123. The highest BCUT2D eigenvalue weighted by Crippen LogP contribution is 2.11. The van der Waals surface area contributed by atoms with Gasteiger partial charge in [-0.15, -0.1) is 0 Å². The quantitative estimate of drug-likeness (QED) is 0.893. The van der Waals surface area contributed by atoms with Crippen LogP contribution in [0.5, 0.6) is 5.75 Å². The van der Waals surface area contributed by atoms with Crippen molar-refractivity contribution in [1.82, 2.24) is 10.3 Å². The highest BCUT2D eigenvalue weighted by atomic mass is 16.5. The molecule has 0 spiro atoms. The topological polar surface area (TPSA) is 75.0 Å². The van der Waals surface area contributed by atoms with Gasteiger partial charge in [-0.05, 0) is 36.4 Å². The number of rotatable bonds is 5. The molecule has 0 fully saturated rings. The summed E-state index contributed by atoms with van der Waals surface area (Å²) in [7, 11) is 0. The van der Waals surface area contributed by atoms with E-state index in [2.05, 4.69) is 10.3 Å². The Balaban J connectivity index is 1.76. The molecule has 5 heteroatoms. The van der Waals surface area contributed by atoms with Crippen molar-refractivity contribution in [3.8, 4) is 11.8 Å². The van der Waals surface area contributed by atoms with Crippen LogP contribution in [-0.2, 0) is 11.3 Å². The molecule has 2 rings (SSSR count). The molecule has 1 heterocycles. The van der Waals surface area contributed by atoms with Crippen molar-refractivity contribution < 1.29 is 9.53 Å². The molecule has 0 unspecified atom stereocenters. The van der Waals surface area contributed by atoms with E-state index in [0.717, 1.165) is 5.69 Å². The Labute approximate surface area is 116 Å². The minimum absolute atomic E-state index is 0.0707. The Kier molecular flexibility index (Phi) is 4.68. The van der Waals surface area contributed by atoms with Crippen LogP contribution in [0.15, 0.2) is 48.7 Å². The first-order valence-corrected chi connectivity index (χ1v) is 6.07. The number of hydrogen-bond acceptors (Lipinski definition) is 4. The van der Waals surface area contributed by atoms with E-state index in [9.17, 15) is 4.79 Å². The fourth-order valence-electron chi connectivity index (χ4n) is 1.52. The van der Waals surface area contributed by atoms with E-state index in [1.807, 2.05) is 24.3 Å². The Morgan fingerprint density at radius 2 is 2.05 bits per heavy atom. The van der Waals surface area contributed by atoms with Gasteiger partial charge in [0.15, 0.2) is 6.61 Å². The normalized spacial score (nSPS) is 9.55. The second kappa shape index (κ2) is 6.90. The number of pyridine rings is 1. The van der Waals surface area contributed by atoms with E-state index < -0.39 is 0 Å². The number of hydrogen-bond donors (Lipinski definition) is 1. The zero-order valence-corrected chi connectivity index (χ0v) is 10.7. The molecule has 2 aromatic rings. The summed E-state index contributed by atoms with van der Waals surface area (Å²) in [6, 6.07) is 14.1. The fraction of sp³-hybridized carbons (Fsp3) is 0.133. The number of benzene rings is 1. The van der Waals surface area contributed by atoms with Gasteiger partial charge in [0, 0.05) is 6.20 Å². The van der Waals surface area contributed by atoms with E-state index in [0.29, 0.717) is 17.9 Å². The van der Waals surface area contributed by atoms with Crippen LogP contribution in [0.3, 0.4) is 0 Å². The molecule has 1 aromatic heterocycles. The molecule has 100 valence electrons. The summed E-state index contributed by atoms with van der Waals surface area (Å²) in [5.41, 5.74) is 1.34. The van der Waals surface area contributed by atoms with Crippen LogP contribution < -0.4 is 10.1 Å². The summed E-state index contributed by atoms with van der Waals surface area (Å²) in [5, 5.41) is 11.4. The van der Waals surface area contributed by atoms with E-state index in [1.165, 1.54) is 0 Å². The Hall–Kier alpha value is -2.87. The van der Waals surface area contributed by atoms with Gasteiger partial charge in [0.1, 0.15) is 5.75 Å². The Bertz CT molecular complexity index is 603. The number of amides is 1. The number of aromatic nitrogens is 1. The first-order chi connectivity index (χ1) is 9.78. The Morgan fingerprint density at radius 1 is 1.25 bits per heavy atom. The number of carbonyl (C=O) groups excluding carboxylic acids is 1. The third-order valence-corrected chi connectivity index (χ3v) is 2.55. The van der Waals surface area contributed by atoms with Gasteiger partial charge in [0.2, 0.25) is 0 Å². The summed E-state index contributed by atoms with van der Waals surface area (Å²) >= 11 is 0. The highest BCUT2D eigenvalue weighted by molar-refractivity contribution is 5.77. The number of nitrogens with one attached hydrogen (secondary N) is 1. The third kappa shape index (κ3) is 4.10. The monoisotopic (exact) mass is 267 g/mol. The number of ether oxygens (including phenoxy) is 1. The van der Waals surface area contributed by atoms with Gasteiger partial charge in [-0.25, -0.2) is 0 Å². The molecule has 0 aliphatic carbocycles. The molecule has 1 aromatic carbocycles. The van der Waals surface area contributed by atoms with Gasteiger partial charge in [-0.3, -0.25) is 9.78 Å². The predicted molar refractivity (Wildman–Crippen MR) is 72.7 cm³/mol. The molecular weight excluding hydrogens is 254 g/mol. The summed E-state index contributed by atoms with van der Waals surface area (Å²) in [6.07, 6.45) is 1.68. The molecule has 5 nitrogen and oxygen atoms in total. The SMILES string of the molecule is N#Cc1ccc(OCC(=O)NCc2ccccn2)cc1. The van der Waals surface area contributed by atoms with Crippen LogP contribution in [0.2, 0.25) is 0 Å². The van der Waals surface area contributed by atoms with Crippen LogP contribution in [0.25, 0.3) is 0 Å². The summed E-state index contributed by atoms with van der Waals surface area (Å²) < 4.78 is 5.31. The number of nitriles is 1. The molecule has 0 aliphatic rings. The molecule has 0 bridgehead atoms. The molecular formula is C15H13N3O2. The van der Waals surface area contributed by atoms with Crippen molar-refractivity contribution in [3.63, 3.8) is 0 Å². The van der Waals surface area contributed by atoms with Gasteiger partial charge in [0.05, 0.1) is 23.9 Å². The first kappa shape index (κ1) is 13.6. The van der Waals surface area contributed by atoms with Gasteiger partial charge in [-0.1, -0.05) is 6.07 Å². The summed E-state index contributed by atoms with van der Waals surface area (Å²) in [5.74, 6) is 0.331. The van der Waals surface area contributed by atoms with Crippen molar-refractivity contribution >= 4 is 5.91 Å². The van der Waals surface area contributed by atoms with Crippen molar-refractivity contribution in [2.45, 2.75) is 6.54 Å². The smallest absolute Gasteiger partial charge is 0.258 e. The lowest BCUT2D eigenvalue weighted by atomic mass is 10.2. The predicted octanol–water partition coefficient (Wildman–Crippen LogP) is 1.65. The van der Waals surface area contributed by atoms with Crippen LogP contribution in [-0.4, -0.2) is 17.5 Å². The Morgan fingerprint density at radius 3 is 2.70 bits per heavy atom. The van der Waals surface area contributed by atoms with E-state index >= 15 is 0 Å². The van der Waals surface area contributed by atoms with Crippen molar-refractivity contribution in [3.05, 3.63) is 59.9 Å². The maximum Gasteiger partial charge on any atom is 0.258 e. The fourth-order valence-corrected chi connectivity index (χ4v) is 1.52. The molecule has 20 heavy (non-hydrogen) atoms. The number of carbonyl (C=O) groups is 1. The van der Waals surface area contributed by atoms with Crippen LogP contribution >= 0.6 is 0 Å². The highest BCUT2D eigenvalue weighted by Gasteiger charge is 2.03.